The van der Waals surface area contributed by atoms with Gasteiger partial charge in [-0.1, -0.05) is 58.6 Å². The quantitative estimate of drug-likeness (QED) is 0.734. The zero-order valence-electron chi connectivity index (χ0n) is 11.4. The number of nitrogens with one attached hydrogen (secondary N) is 1. The van der Waals surface area contributed by atoms with Crippen LogP contribution < -0.4 is 5.32 Å². The van der Waals surface area contributed by atoms with Gasteiger partial charge in [-0.3, -0.25) is 4.79 Å². The molecule has 108 valence electrons. The third-order valence-corrected chi connectivity index (χ3v) is 4.99. The first kappa shape index (κ1) is 15.7. The van der Waals surface area contributed by atoms with Gasteiger partial charge >= 0.3 is 0 Å². The summed E-state index contributed by atoms with van der Waals surface area (Å²) in [6.07, 6.45) is 2.93. The van der Waals surface area contributed by atoms with Crippen LogP contribution in [0.4, 0.5) is 5.13 Å². The summed E-state index contributed by atoms with van der Waals surface area (Å²) in [5.74, 6) is -0.0405. The fourth-order valence-electron chi connectivity index (χ4n) is 1.91. The van der Waals surface area contributed by atoms with Crippen molar-refractivity contribution in [3.63, 3.8) is 0 Å². The van der Waals surface area contributed by atoms with Crippen LogP contribution in [-0.2, 0) is 4.79 Å². The molecule has 2 aromatic rings. The van der Waals surface area contributed by atoms with Crippen LogP contribution in [0.2, 0.25) is 5.02 Å². The van der Waals surface area contributed by atoms with Gasteiger partial charge in [0, 0.05) is 5.02 Å². The summed E-state index contributed by atoms with van der Waals surface area (Å²) >= 11 is 10.9. The molecule has 0 spiro atoms. The summed E-state index contributed by atoms with van der Waals surface area (Å²) in [5, 5.41) is 4.18. The monoisotopic (exact) mass is 374 g/mol. The van der Waals surface area contributed by atoms with Crippen molar-refractivity contribution in [1.82, 2.24) is 4.98 Å². The van der Waals surface area contributed by atoms with E-state index in [1.165, 1.54) is 11.3 Å². The molecule has 0 fully saturated rings. The van der Waals surface area contributed by atoms with E-state index in [9.17, 15) is 4.79 Å². The average molecular weight is 376 g/mol. The van der Waals surface area contributed by atoms with E-state index in [-0.39, 0.29) is 10.7 Å². The molecule has 1 amide bonds. The van der Waals surface area contributed by atoms with Gasteiger partial charge in [-0.25, -0.2) is 4.98 Å². The lowest BCUT2D eigenvalue weighted by atomic mass is 10.2. The number of unbranched alkanes of at least 4 members (excludes halogenated alkanes) is 1. The predicted molar refractivity (Wildman–Crippen MR) is 90.2 cm³/mol. The van der Waals surface area contributed by atoms with E-state index in [1.807, 2.05) is 19.1 Å². The first-order valence-corrected chi connectivity index (χ1v) is 8.64. The number of aryl methyl sites for hydroxylation is 1. The molecule has 0 radical (unpaired) electrons. The van der Waals surface area contributed by atoms with Crippen LogP contribution in [-0.4, -0.2) is 15.7 Å². The highest BCUT2D eigenvalue weighted by Crippen LogP contribution is 2.31. The van der Waals surface area contributed by atoms with Crippen LogP contribution in [0.25, 0.3) is 10.2 Å². The number of fused-ring (bicyclic) bond motifs is 1. The fraction of sp³-hybridized carbons (Fsp3) is 0.429. The van der Waals surface area contributed by atoms with Crippen molar-refractivity contribution in [1.29, 1.82) is 0 Å². The van der Waals surface area contributed by atoms with Gasteiger partial charge in [-0.05, 0) is 31.0 Å². The molecule has 6 heteroatoms. The molecule has 0 saturated carbocycles. The van der Waals surface area contributed by atoms with E-state index in [0.717, 1.165) is 35.0 Å². The summed E-state index contributed by atoms with van der Waals surface area (Å²) in [6.45, 7) is 4.08. The smallest absolute Gasteiger partial charge is 0.239 e. The number of aromatic nitrogens is 1. The number of anilines is 1. The summed E-state index contributed by atoms with van der Waals surface area (Å²) < 4.78 is 0.991. The Balaban J connectivity index is 2.14. The van der Waals surface area contributed by atoms with Gasteiger partial charge in [0.1, 0.15) is 0 Å². The third kappa shape index (κ3) is 3.71. The first-order chi connectivity index (χ1) is 9.51. The van der Waals surface area contributed by atoms with Crippen LogP contribution in [0.3, 0.4) is 0 Å². The molecule has 1 N–H and O–H groups in total. The lowest BCUT2D eigenvalue weighted by Gasteiger charge is -2.07. The highest BCUT2D eigenvalue weighted by Gasteiger charge is 2.16. The van der Waals surface area contributed by atoms with Gasteiger partial charge in [0.2, 0.25) is 5.91 Å². The third-order valence-electron chi connectivity index (χ3n) is 2.98. The van der Waals surface area contributed by atoms with Crippen LogP contribution in [0.15, 0.2) is 12.1 Å². The van der Waals surface area contributed by atoms with Crippen molar-refractivity contribution in [3.05, 3.63) is 22.7 Å². The summed E-state index contributed by atoms with van der Waals surface area (Å²) in [5.41, 5.74) is 1.92. The molecule has 0 unspecified atom stereocenters. The van der Waals surface area contributed by atoms with Gasteiger partial charge in [0.05, 0.1) is 15.0 Å². The number of hydrogen-bond acceptors (Lipinski definition) is 3. The average Bonchev–Trinajstić information content (AvgIpc) is 2.78. The standard InChI is InChI=1S/C14H16BrClN2OS/c1-3-4-5-10(15)13(19)18-14-17-12-8(2)6-9(16)7-11(12)20-14/h6-7,10H,3-5H2,1-2H3,(H,17,18,19)/t10-/m0/s1. The van der Waals surface area contributed by atoms with Crippen molar-refractivity contribution in [2.75, 3.05) is 5.32 Å². The molecule has 0 aliphatic heterocycles. The molecule has 1 heterocycles. The van der Waals surface area contributed by atoms with Gasteiger partial charge in [0.25, 0.3) is 0 Å². The predicted octanol–water partition coefficient (Wildman–Crippen LogP) is 5.15. The Kier molecular flexibility index (Phi) is 5.41. The second-order valence-corrected chi connectivity index (χ2v) is 7.26. The highest BCUT2D eigenvalue weighted by atomic mass is 79.9. The molecule has 0 aliphatic rings. The van der Waals surface area contributed by atoms with Crippen LogP contribution in [0, 0.1) is 6.92 Å². The first-order valence-electron chi connectivity index (χ1n) is 6.53. The number of rotatable bonds is 5. The summed E-state index contributed by atoms with van der Waals surface area (Å²) in [6, 6.07) is 3.75. The highest BCUT2D eigenvalue weighted by molar-refractivity contribution is 9.10. The number of carbonyl (C=O) groups excluding carboxylic acids is 1. The van der Waals surface area contributed by atoms with Gasteiger partial charge in [0.15, 0.2) is 5.13 Å². The Labute approximate surface area is 135 Å². The van der Waals surface area contributed by atoms with E-state index in [4.69, 9.17) is 11.6 Å². The van der Waals surface area contributed by atoms with Crippen LogP contribution >= 0.6 is 38.9 Å². The zero-order valence-corrected chi connectivity index (χ0v) is 14.5. The summed E-state index contributed by atoms with van der Waals surface area (Å²) in [7, 11) is 0. The number of alkyl halides is 1. The summed E-state index contributed by atoms with van der Waals surface area (Å²) in [4.78, 5) is 16.3. The normalized spacial score (nSPS) is 12.6. The van der Waals surface area contributed by atoms with E-state index < -0.39 is 0 Å². The minimum atomic E-state index is -0.167. The molecule has 1 aromatic carbocycles. The molecule has 20 heavy (non-hydrogen) atoms. The number of benzene rings is 1. The largest absolute Gasteiger partial charge is 0.301 e. The number of halogens is 2. The van der Waals surface area contributed by atoms with E-state index in [1.54, 1.807) is 0 Å². The van der Waals surface area contributed by atoms with Crippen molar-refractivity contribution in [3.8, 4) is 0 Å². The topological polar surface area (TPSA) is 42.0 Å². The molecule has 0 bridgehead atoms. The number of carbonyl (C=O) groups is 1. The number of nitrogens with zero attached hydrogens (tertiary/aromatic N) is 1. The van der Waals surface area contributed by atoms with E-state index in [0.29, 0.717) is 10.2 Å². The molecular formula is C14H16BrClN2OS. The van der Waals surface area contributed by atoms with Crippen molar-refractivity contribution < 1.29 is 4.79 Å². The number of amides is 1. The fourth-order valence-corrected chi connectivity index (χ4v) is 3.67. The van der Waals surface area contributed by atoms with Gasteiger partial charge in [-0.15, -0.1) is 0 Å². The second kappa shape index (κ2) is 6.87. The maximum absolute atomic E-state index is 12.0. The Morgan fingerprint density at radius 2 is 2.30 bits per heavy atom. The molecule has 0 saturated heterocycles. The van der Waals surface area contributed by atoms with Gasteiger partial charge < -0.3 is 5.32 Å². The van der Waals surface area contributed by atoms with E-state index in [2.05, 4.69) is 33.2 Å². The molecule has 3 nitrogen and oxygen atoms in total. The Hall–Kier alpha value is -0.650. The second-order valence-electron chi connectivity index (χ2n) is 4.69. The van der Waals surface area contributed by atoms with Crippen LogP contribution in [0.5, 0.6) is 0 Å². The Morgan fingerprint density at radius 3 is 3.00 bits per heavy atom. The number of hydrogen-bond donors (Lipinski definition) is 1. The number of thiazole rings is 1. The minimum Gasteiger partial charge on any atom is -0.301 e. The zero-order chi connectivity index (χ0) is 14.7. The molecule has 2 rings (SSSR count). The van der Waals surface area contributed by atoms with Crippen molar-refractivity contribution in [2.24, 2.45) is 0 Å². The molecule has 1 atom stereocenters. The molecular weight excluding hydrogens is 360 g/mol. The van der Waals surface area contributed by atoms with Crippen molar-refractivity contribution >= 4 is 60.1 Å². The lowest BCUT2D eigenvalue weighted by molar-refractivity contribution is -0.115. The SMILES string of the molecule is CCCC[C@H](Br)C(=O)Nc1nc2c(C)cc(Cl)cc2s1. The van der Waals surface area contributed by atoms with Crippen molar-refractivity contribution in [2.45, 2.75) is 37.9 Å². The Morgan fingerprint density at radius 1 is 1.55 bits per heavy atom. The Bertz CT molecular complexity index is 629. The molecule has 1 aromatic heterocycles. The lowest BCUT2D eigenvalue weighted by Crippen LogP contribution is -2.22. The van der Waals surface area contributed by atoms with Crippen LogP contribution in [0.1, 0.15) is 31.7 Å². The maximum Gasteiger partial charge on any atom is 0.239 e. The van der Waals surface area contributed by atoms with Gasteiger partial charge in [-0.2, -0.15) is 0 Å². The minimum absolute atomic E-state index is 0.0405. The molecule has 0 aliphatic carbocycles. The van der Waals surface area contributed by atoms with E-state index >= 15 is 0 Å². The maximum atomic E-state index is 12.0.